The van der Waals surface area contributed by atoms with Crippen molar-refractivity contribution < 1.29 is 23.7 Å². The Hall–Kier alpha value is -3.57. The van der Waals surface area contributed by atoms with Crippen LogP contribution in [0.25, 0.3) is 22.2 Å². The molecule has 1 fully saturated rings. The number of aliphatic hydroxyl groups excluding tert-OH is 2. The van der Waals surface area contributed by atoms with Crippen molar-refractivity contribution in [3.05, 3.63) is 54.5 Å². The van der Waals surface area contributed by atoms with E-state index in [-0.39, 0.29) is 31.1 Å². The third-order valence-corrected chi connectivity index (χ3v) is 6.80. The van der Waals surface area contributed by atoms with Crippen LogP contribution in [0, 0.1) is 11.6 Å². The second-order valence-electron chi connectivity index (χ2n) is 9.26. The van der Waals surface area contributed by atoms with Crippen LogP contribution in [0.2, 0.25) is 0 Å². The van der Waals surface area contributed by atoms with Crippen molar-refractivity contribution in [2.75, 3.05) is 25.1 Å². The molecule has 0 unspecified atom stereocenters. The first kappa shape index (κ1) is 25.1. The maximum Gasteiger partial charge on any atom is 0.165 e. The average molecular weight is 513 g/mol. The first-order chi connectivity index (χ1) is 18.0. The molecule has 0 aliphatic heterocycles. The van der Waals surface area contributed by atoms with E-state index in [4.69, 9.17) is 9.84 Å². The van der Waals surface area contributed by atoms with Crippen molar-refractivity contribution in [3.63, 3.8) is 0 Å². The lowest BCUT2D eigenvalue weighted by Crippen LogP contribution is -2.26. The van der Waals surface area contributed by atoms with Crippen LogP contribution >= 0.6 is 0 Å². The van der Waals surface area contributed by atoms with Gasteiger partial charge in [-0.1, -0.05) is 0 Å². The van der Waals surface area contributed by atoms with Gasteiger partial charge in [0, 0.05) is 42.0 Å². The fraction of sp³-hybridized carbons (Fsp3) is 0.423. The van der Waals surface area contributed by atoms with E-state index >= 15 is 0 Å². The molecule has 196 valence electrons. The fourth-order valence-corrected chi connectivity index (χ4v) is 4.84. The molecule has 0 spiro atoms. The highest BCUT2D eigenvalue weighted by molar-refractivity contribution is 5.93. The van der Waals surface area contributed by atoms with E-state index in [1.165, 1.54) is 4.68 Å². The van der Waals surface area contributed by atoms with E-state index in [1.807, 2.05) is 17.7 Å². The van der Waals surface area contributed by atoms with Crippen molar-refractivity contribution in [2.24, 2.45) is 0 Å². The molecule has 1 aliphatic rings. The molecule has 1 aromatic carbocycles. The van der Waals surface area contributed by atoms with Gasteiger partial charge in [-0.15, -0.1) is 0 Å². The molecule has 1 aliphatic carbocycles. The number of hydrogen-bond acceptors (Lipinski definition) is 7. The normalized spacial score (nSPS) is 18.0. The van der Waals surface area contributed by atoms with E-state index in [1.54, 1.807) is 18.6 Å². The van der Waals surface area contributed by atoms with E-state index in [0.717, 1.165) is 59.9 Å². The second kappa shape index (κ2) is 10.8. The molecule has 3 N–H and O–H groups in total. The fourth-order valence-electron chi connectivity index (χ4n) is 4.84. The number of benzene rings is 1. The zero-order chi connectivity index (χ0) is 25.9. The number of rotatable bonds is 9. The minimum atomic E-state index is -0.570. The largest absolute Gasteiger partial charge is 0.487 e. The monoisotopic (exact) mass is 512 g/mol. The summed E-state index contributed by atoms with van der Waals surface area (Å²) in [6.07, 6.45) is 7.88. The Labute approximate surface area is 212 Å². The molecule has 0 amide bonds. The summed E-state index contributed by atoms with van der Waals surface area (Å²) in [5, 5.41) is 32.4. The molecule has 37 heavy (non-hydrogen) atoms. The summed E-state index contributed by atoms with van der Waals surface area (Å²) in [6.45, 7) is 2.27. The molecule has 3 aromatic heterocycles. The number of ether oxygens (including phenoxy) is 1. The maximum atomic E-state index is 14.1. The minimum Gasteiger partial charge on any atom is -0.487 e. The van der Waals surface area contributed by atoms with Crippen LogP contribution < -0.4 is 10.1 Å². The van der Waals surface area contributed by atoms with Crippen molar-refractivity contribution in [2.45, 2.75) is 50.8 Å². The number of hydrogen-bond donors (Lipinski definition) is 3. The molecular weight excluding hydrogens is 482 g/mol. The Balaban J connectivity index is 1.42. The van der Waals surface area contributed by atoms with Gasteiger partial charge in [-0.2, -0.15) is 10.2 Å². The Morgan fingerprint density at radius 2 is 1.89 bits per heavy atom. The molecule has 0 bridgehead atoms. The molecular formula is C26H30F2N6O3. The smallest absolute Gasteiger partial charge is 0.165 e. The Kier molecular flexibility index (Phi) is 7.33. The summed E-state index contributed by atoms with van der Waals surface area (Å²) in [4.78, 5) is 4.53. The topological polar surface area (TPSA) is 110 Å². The summed E-state index contributed by atoms with van der Waals surface area (Å²) < 4.78 is 36.9. The van der Waals surface area contributed by atoms with E-state index in [0.29, 0.717) is 18.5 Å². The van der Waals surface area contributed by atoms with Crippen molar-refractivity contribution in [1.29, 1.82) is 0 Å². The Morgan fingerprint density at radius 3 is 2.62 bits per heavy atom. The van der Waals surface area contributed by atoms with Gasteiger partial charge in [-0.05, 0) is 44.7 Å². The number of pyridine rings is 1. The van der Waals surface area contributed by atoms with Gasteiger partial charge in [-0.3, -0.25) is 9.36 Å². The average Bonchev–Trinajstić information content (AvgIpc) is 3.53. The summed E-state index contributed by atoms with van der Waals surface area (Å²) in [5.41, 5.74) is 2.40. The van der Waals surface area contributed by atoms with Gasteiger partial charge in [0.05, 0.1) is 43.1 Å². The van der Waals surface area contributed by atoms with Crippen LogP contribution in [0.5, 0.6) is 5.75 Å². The van der Waals surface area contributed by atoms with Gasteiger partial charge >= 0.3 is 0 Å². The zero-order valence-corrected chi connectivity index (χ0v) is 20.5. The maximum absolute atomic E-state index is 14.1. The van der Waals surface area contributed by atoms with Crippen molar-refractivity contribution in [1.82, 2.24) is 24.5 Å². The molecule has 5 rings (SSSR count). The van der Waals surface area contributed by atoms with E-state index < -0.39 is 17.7 Å². The Bertz CT molecular complexity index is 1360. The highest BCUT2D eigenvalue weighted by Gasteiger charge is 2.28. The molecule has 4 aromatic rings. The lowest BCUT2D eigenvalue weighted by molar-refractivity contribution is 0.125. The lowest BCUT2D eigenvalue weighted by Gasteiger charge is -2.29. The summed E-state index contributed by atoms with van der Waals surface area (Å²) in [7, 11) is 0. The van der Waals surface area contributed by atoms with Crippen LogP contribution in [0.15, 0.2) is 42.9 Å². The number of nitrogens with one attached hydrogen (secondary N) is 1. The predicted molar refractivity (Wildman–Crippen MR) is 134 cm³/mol. The molecule has 1 saturated carbocycles. The Morgan fingerprint density at radius 1 is 1.11 bits per heavy atom. The highest BCUT2D eigenvalue weighted by atomic mass is 19.1. The first-order valence-corrected chi connectivity index (χ1v) is 12.5. The van der Waals surface area contributed by atoms with Gasteiger partial charge in [-0.25, -0.2) is 13.8 Å². The van der Waals surface area contributed by atoms with Crippen LogP contribution in [-0.4, -0.2) is 60.6 Å². The van der Waals surface area contributed by atoms with E-state index in [9.17, 15) is 19.0 Å². The SMILES string of the molecule is CCNc1cc2c(cn1)c(-c1cnn(C(CO)CO)c1)nn2[C@H]1CC[C@@H](Oc2cc(F)ccc2F)CC1. The predicted octanol–water partition coefficient (Wildman–Crippen LogP) is 4.09. The number of halogens is 2. The van der Waals surface area contributed by atoms with Gasteiger partial charge in [0.25, 0.3) is 0 Å². The number of fused-ring (bicyclic) bond motifs is 1. The zero-order valence-electron chi connectivity index (χ0n) is 20.5. The quantitative estimate of drug-likeness (QED) is 0.310. The van der Waals surface area contributed by atoms with Crippen LogP contribution in [0.3, 0.4) is 0 Å². The highest BCUT2D eigenvalue weighted by Crippen LogP contribution is 2.37. The molecule has 9 nitrogen and oxygen atoms in total. The third kappa shape index (κ3) is 5.14. The van der Waals surface area contributed by atoms with Gasteiger partial charge < -0.3 is 20.3 Å². The summed E-state index contributed by atoms with van der Waals surface area (Å²) in [6, 6.07) is 4.78. The number of aliphatic hydroxyl groups is 2. The van der Waals surface area contributed by atoms with Crippen LogP contribution in [0.1, 0.15) is 44.7 Å². The molecule has 0 saturated heterocycles. The van der Waals surface area contributed by atoms with Gasteiger partial charge in [0.15, 0.2) is 11.6 Å². The standard InChI is InChI=1S/C26H30F2N6O3/c1-2-29-25-10-23-21(12-30-25)26(16-11-31-33(13-16)19(14-35)15-36)32-34(23)18-4-6-20(7-5-18)37-24-9-17(27)3-8-22(24)28/h3,8-13,18-20,35-36H,2,4-7,14-15H2,1H3,(H,29,30)/t18-,20+. The first-order valence-electron chi connectivity index (χ1n) is 12.5. The molecule has 11 heteroatoms. The van der Waals surface area contributed by atoms with Crippen molar-refractivity contribution >= 4 is 16.7 Å². The summed E-state index contributed by atoms with van der Waals surface area (Å²) >= 11 is 0. The lowest BCUT2D eigenvalue weighted by atomic mass is 9.93. The second-order valence-corrected chi connectivity index (χ2v) is 9.26. The van der Waals surface area contributed by atoms with Crippen LogP contribution in [-0.2, 0) is 0 Å². The molecule has 0 radical (unpaired) electrons. The van der Waals surface area contributed by atoms with Gasteiger partial charge in [0.2, 0.25) is 0 Å². The van der Waals surface area contributed by atoms with Crippen LogP contribution in [0.4, 0.5) is 14.6 Å². The minimum absolute atomic E-state index is 0.0577. The van der Waals surface area contributed by atoms with Gasteiger partial charge in [0.1, 0.15) is 17.3 Å². The van der Waals surface area contributed by atoms with E-state index in [2.05, 4.69) is 15.4 Å². The van der Waals surface area contributed by atoms with Crippen molar-refractivity contribution in [3.8, 4) is 17.0 Å². The third-order valence-electron chi connectivity index (χ3n) is 6.80. The molecule has 3 heterocycles. The molecule has 0 atom stereocenters. The number of aromatic nitrogens is 5. The number of nitrogens with zero attached hydrogens (tertiary/aromatic N) is 5. The number of anilines is 1. The summed E-state index contributed by atoms with van der Waals surface area (Å²) in [5.74, 6) is -0.409.